The molecular formula is C16H25N7O5S2. The summed E-state index contributed by atoms with van der Waals surface area (Å²) in [6.07, 6.45) is -0.541. The highest BCUT2D eigenvalue weighted by Crippen LogP contribution is 2.43. The summed E-state index contributed by atoms with van der Waals surface area (Å²) in [5.41, 5.74) is 4.07. The van der Waals surface area contributed by atoms with E-state index in [0.717, 1.165) is 0 Å². The van der Waals surface area contributed by atoms with Gasteiger partial charge in [0, 0.05) is 24.6 Å². The number of β-lactam (4-membered cyclic amide) rings is 1. The summed E-state index contributed by atoms with van der Waals surface area (Å²) >= 11 is 2.59. The fourth-order valence-corrected chi connectivity index (χ4v) is 5.74. The number of fused-ring (bicyclic) bond motifs is 1. The van der Waals surface area contributed by atoms with Crippen LogP contribution in [0.15, 0.2) is 5.16 Å². The average molecular weight is 460 g/mol. The molecule has 0 radical (unpaired) electrons. The number of carbonyl (C=O) groups is 3. The lowest BCUT2D eigenvalue weighted by Gasteiger charge is -2.52. The van der Waals surface area contributed by atoms with Crippen LogP contribution in [0.4, 0.5) is 4.79 Å². The standard InChI is InChI=1S/C16H25N7O5S2/c1-15(2,3)28-14(27)18-4-5-23-13(19-20-21-23)30-8-16(12(25)26)6-22-10(24)9(17)11(22)29-7-16/h9,11H,4-8,17H2,1-3H3,(H,18,27)(H,25,26)/t9?,11-,16?/m1/s1. The van der Waals surface area contributed by atoms with Gasteiger partial charge in [-0.1, -0.05) is 11.8 Å². The van der Waals surface area contributed by atoms with Gasteiger partial charge in [0.15, 0.2) is 0 Å². The number of rotatable bonds is 7. The smallest absolute Gasteiger partial charge is 0.407 e. The van der Waals surface area contributed by atoms with Gasteiger partial charge in [-0.15, -0.1) is 16.9 Å². The molecule has 2 aliphatic heterocycles. The summed E-state index contributed by atoms with van der Waals surface area (Å²) in [5.74, 6) is -0.652. The van der Waals surface area contributed by atoms with Crippen LogP contribution < -0.4 is 11.1 Å². The zero-order chi connectivity index (χ0) is 22.1. The van der Waals surface area contributed by atoms with Crippen molar-refractivity contribution in [3.8, 4) is 0 Å². The summed E-state index contributed by atoms with van der Waals surface area (Å²) in [4.78, 5) is 37.2. The van der Waals surface area contributed by atoms with Crippen LogP contribution in [0.25, 0.3) is 0 Å². The molecule has 0 aliphatic carbocycles. The maximum absolute atomic E-state index is 12.0. The first-order valence-electron chi connectivity index (χ1n) is 9.29. The number of thioether (sulfide) groups is 2. The minimum absolute atomic E-state index is 0.112. The van der Waals surface area contributed by atoms with Crippen LogP contribution >= 0.6 is 23.5 Å². The van der Waals surface area contributed by atoms with Crippen LogP contribution in [0.5, 0.6) is 0 Å². The van der Waals surface area contributed by atoms with Gasteiger partial charge in [0.25, 0.3) is 0 Å². The Morgan fingerprint density at radius 3 is 2.87 bits per heavy atom. The molecule has 1 aromatic rings. The zero-order valence-electron chi connectivity index (χ0n) is 16.9. The highest BCUT2D eigenvalue weighted by molar-refractivity contribution is 8.00. The van der Waals surface area contributed by atoms with Crippen molar-refractivity contribution in [2.75, 3.05) is 24.6 Å². The highest BCUT2D eigenvalue weighted by Gasteiger charge is 2.55. The number of carbonyl (C=O) groups excluding carboxylic acids is 2. The lowest BCUT2D eigenvalue weighted by atomic mass is 9.89. The second-order valence-corrected chi connectivity index (χ2v) is 10.2. The number of aromatic nitrogens is 4. The van der Waals surface area contributed by atoms with Gasteiger partial charge in [0.2, 0.25) is 11.1 Å². The van der Waals surface area contributed by atoms with Crippen molar-refractivity contribution in [1.82, 2.24) is 30.4 Å². The Morgan fingerprint density at radius 1 is 1.47 bits per heavy atom. The summed E-state index contributed by atoms with van der Waals surface area (Å²) < 4.78 is 6.66. The van der Waals surface area contributed by atoms with Crippen LogP contribution in [0.3, 0.4) is 0 Å². The van der Waals surface area contributed by atoms with E-state index in [1.807, 2.05) is 0 Å². The molecule has 3 rings (SSSR count). The number of carboxylic acids is 1. The molecule has 12 nitrogen and oxygen atoms in total. The van der Waals surface area contributed by atoms with Crippen molar-refractivity contribution in [3.63, 3.8) is 0 Å². The first-order chi connectivity index (χ1) is 14.0. The van der Waals surface area contributed by atoms with Crippen LogP contribution in [0, 0.1) is 5.41 Å². The normalized spacial score (nSPS) is 26.0. The van der Waals surface area contributed by atoms with Gasteiger partial charge in [-0.05, 0) is 31.2 Å². The van der Waals surface area contributed by atoms with Gasteiger partial charge in [-0.3, -0.25) is 9.59 Å². The summed E-state index contributed by atoms with van der Waals surface area (Å²) in [5, 5.41) is 24.2. The third-order valence-electron chi connectivity index (χ3n) is 4.61. The maximum atomic E-state index is 12.0. The molecule has 0 bridgehead atoms. The molecular weight excluding hydrogens is 434 g/mol. The Labute approximate surface area is 181 Å². The Balaban J connectivity index is 1.55. The number of amides is 2. The van der Waals surface area contributed by atoms with Crippen molar-refractivity contribution in [2.24, 2.45) is 11.1 Å². The number of hydrogen-bond acceptors (Lipinski definition) is 10. The largest absolute Gasteiger partial charge is 0.481 e. The molecule has 4 N–H and O–H groups in total. The molecule has 2 amide bonds. The van der Waals surface area contributed by atoms with E-state index in [-0.39, 0.29) is 30.1 Å². The van der Waals surface area contributed by atoms with Crippen molar-refractivity contribution in [2.45, 2.75) is 49.5 Å². The van der Waals surface area contributed by atoms with Gasteiger partial charge in [0.05, 0.1) is 6.54 Å². The topological polar surface area (TPSA) is 166 Å². The van der Waals surface area contributed by atoms with Crippen LogP contribution in [-0.4, -0.2) is 89.8 Å². The van der Waals surface area contributed by atoms with E-state index >= 15 is 0 Å². The second-order valence-electron chi connectivity index (χ2n) is 8.18. The minimum Gasteiger partial charge on any atom is -0.481 e. The maximum Gasteiger partial charge on any atom is 0.407 e. The fourth-order valence-electron chi connectivity index (χ4n) is 3.03. The number of alkyl carbamates (subject to hydrolysis) is 1. The fraction of sp³-hybridized carbons (Fsp3) is 0.750. The Morgan fingerprint density at radius 2 is 2.20 bits per heavy atom. The number of carboxylic acid groups (broad SMARTS) is 1. The zero-order valence-corrected chi connectivity index (χ0v) is 18.5. The van der Waals surface area contributed by atoms with E-state index in [4.69, 9.17) is 10.5 Å². The van der Waals surface area contributed by atoms with Gasteiger partial charge >= 0.3 is 12.1 Å². The molecule has 0 spiro atoms. The molecule has 2 fully saturated rings. The van der Waals surface area contributed by atoms with Crippen molar-refractivity contribution >= 4 is 41.5 Å². The molecule has 30 heavy (non-hydrogen) atoms. The predicted molar refractivity (Wildman–Crippen MR) is 109 cm³/mol. The number of nitrogens with one attached hydrogen (secondary N) is 1. The van der Waals surface area contributed by atoms with E-state index in [1.54, 1.807) is 20.8 Å². The Bertz CT molecular complexity index is 829. The van der Waals surface area contributed by atoms with E-state index in [1.165, 1.54) is 33.1 Å². The van der Waals surface area contributed by atoms with Gasteiger partial charge < -0.3 is 25.8 Å². The number of hydrogen-bond donors (Lipinski definition) is 3. The van der Waals surface area contributed by atoms with Crippen LogP contribution in [0.1, 0.15) is 20.8 Å². The van der Waals surface area contributed by atoms with Crippen LogP contribution in [-0.2, 0) is 20.9 Å². The number of nitrogens with two attached hydrogens (primary N) is 1. The molecule has 3 heterocycles. The molecule has 14 heteroatoms. The molecule has 1 aromatic heterocycles. The van der Waals surface area contributed by atoms with Gasteiger partial charge in [-0.25, -0.2) is 9.48 Å². The van der Waals surface area contributed by atoms with E-state index in [0.29, 0.717) is 17.5 Å². The summed E-state index contributed by atoms with van der Waals surface area (Å²) in [6.45, 7) is 5.97. The number of tetrazole rings is 1. The number of nitrogens with zero attached hydrogens (tertiary/aromatic N) is 5. The molecule has 2 unspecified atom stereocenters. The molecule has 2 saturated heterocycles. The second kappa shape index (κ2) is 8.59. The molecule has 0 aromatic carbocycles. The van der Waals surface area contributed by atoms with Crippen molar-refractivity contribution < 1.29 is 24.2 Å². The van der Waals surface area contributed by atoms with E-state index < -0.39 is 29.1 Å². The van der Waals surface area contributed by atoms with Crippen molar-refractivity contribution in [1.29, 1.82) is 0 Å². The number of ether oxygens (including phenoxy) is 1. The number of aliphatic carboxylic acids is 1. The van der Waals surface area contributed by atoms with E-state index in [2.05, 4.69) is 20.8 Å². The summed E-state index contributed by atoms with van der Waals surface area (Å²) in [6, 6.07) is -0.556. The van der Waals surface area contributed by atoms with Gasteiger partial charge in [0.1, 0.15) is 22.4 Å². The molecule has 166 valence electrons. The minimum atomic E-state index is -1.12. The molecule has 3 atom stereocenters. The first-order valence-corrected chi connectivity index (χ1v) is 11.3. The highest BCUT2D eigenvalue weighted by atomic mass is 32.2. The molecule has 2 aliphatic rings. The lowest BCUT2D eigenvalue weighted by molar-refractivity contribution is -0.155. The quantitative estimate of drug-likeness (QED) is 0.359. The van der Waals surface area contributed by atoms with E-state index in [9.17, 15) is 19.5 Å². The van der Waals surface area contributed by atoms with Crippen molar-refractivity contribution in [3.05, 3.63) is 0 Å². The molecule has 0 saturated carbocycles. The van der Waals surface area contributed by atoms with Crippen LogP contribution in [0.2, 0.25) is 0 Å². The Kier molecular flexibility index (Phi) is 6.48. The third kappa shape index (κ3) is 4.81. The Hall–Kier alpha value is -2.06. The SMILES string of the molecule is CC(C)(C)OC(=O)NCCn1nnnc1SCC1(C(=O)O)CS[C@@H]2C(N)C(=O)N2C1. The third-order valence-corrected chi connectivity index (χ3v) is 7.46. The predicted octanol–water partition coefficient (Wildman–Crippen LogP) is -0.397. The van der Waals surface area contributed by atoms with Gasteiger partial charge in [-0.2, -0.15) is 0 Å². The monoisotopic (exact) mass is 459 g/mol. The lowest BCUT2D eigenvalue weighted by Crippen LogP contribution is -2.72. The average Bonchev–Trinajstić information content (AvgIpc) is 3.11. The first kappa shape index (κ1) is 22.6. The summed E-state index contributed by atoms with van der Waals surface area (Å²) in [7, 11) is 0.